The number of benzene rings is 2. The molecular weight excluding hydrogens is 540 g/mol. The van der Waals surface area contributed by atoms with Crippen molar-refractivity contribution in [3.05, 3.63) is 81.3 Å². The number of aromatic nitrogens is 3. The minimum absolute atomic E-state index is 0.0931. The number of pyridine rings is 1. The molecule has 1 fully saturated rings. The molecule has 11 heteroatoms. The highest BCUT2D eigenvalue weighted by molar-refractivity contribution is 6.29. The predicted molar refractivity (Wildman–Crippen MR) is 158 cm³/mol. The molecule has 0 spiro atoms. The second-order valence-corrected chi connectivity index (χ2v) is 10.4. The Morgan fingerprint density at radius 1 is 1.00 bits per heavy atom. The molecule has 1 aliphatic rings. The fourth-order valence-electron chi connectivity index (χ4n) is 5.21. The number of nitrogens with zero attached hydrogens (tertiary/aromatic N) is 7. The van der Waals surface area contributed by atoms with Crippen molar-refractivity contribution in [2.24, 2.45) is 0 Å². The fraction of sp³-hybridized carbons (Fsp3) is 0.267. The van der Waals surface area contributed by atoms with Crippen LogP contribution in [0.5, 0.6) is 0 Å². The van der Waals surface area contributed by atoms with Crippen molar-refractivity contribution in [3.63, 3.8) is 0 Å². The van der Waals surface area contributed by atoms with Crippen molar-refractivity contribution >= 4 is 45.8 Å². The highest BCUT2D eigenvalue weighted by Gasteiger charge is 2.25. The lowest BCUT2D eigenvalue weighted by Gasteiger charge is -2.37. The smallest absolute Gasteiger partial charge is 0.356 e. The molecule has 41 heavy (non-hydrogen) atoms. The van der Waals surface area contributed by atoms with Crippen LogP contribution >= 0.6 is 11.6 Å². The van der Waals surface area contributed by atoms with Gasteiger partial charge in [-0.1, -0.05) is 17.7 Å². The summed E-state index contributed by atoms with van der Waals surface area (Å²) in [7, 11) is 0. The van der Waals surface area contributed by atoms with Crippen LogP contribution in [-0.2, 0) is 0 Å². The largest absolute Gasteiger partial charge is 0.476 e. The molecule has 0 aliphatic carbocycles. The van der Waals surface area contributed by atoms with E-state index in [0.717, 1.165) is 35.5 Å². The third-order valence-electron chi connectivity index (χ3n) is 7.18. The van der Waals surface area contributed by atoms with Crippen LogP contribution in [0.1, 0.15) is 51.4 Å². The monoisotopic (exact) mass is 566 g/mol. The van der Waals surface area contributed by atoms with Crippen molar-refractivity contribution in [1.29, 1.82) is 10.5 Å². The molecule has 0 bridgehead atoms. The highest BCUT2D eigenvalue weighted by Crippen LogP contribution is 2.31. The Bertz CT molecular complexity index is 1750. The Labute approximate surface area is 242 Å². The Balaban J connectivity index is 1.46. The number of anilines is 3. The maximum absolute atomic E-state index is 11.8. The molecule has 0 amide bonds. The van der Waals surface area contributed by atoms with Crippen LogP contribution in [0, 0.1) is 36.5 Å². The Hall–Kier alpha value is -4.93. The Morgan fingerprint density at radius 2 is 1.73 bits per heavy atom. The van der Waals surface area contributed by atoms with Gasteiger partial charge in [-0.3, -0.25) is 0 Å². The molecule has 0 radical (unpaired) electrons. The van der Waals surface area contributed by atoms with Crippen molar-refractivity contribution in [3.8, 4) is 12.1 Å². The molecule has 2 aromatic carbocycles. The number of carboxylic acids is 1. The maximum atomic E-state index is 11.8. The van der Waals surface area contributed by atoms with Gasteiger partial charge in [0, 0.05) is 37.4 Å². The van der Waals surface area contributed by atoms with Crippen LogP contribution < -0.4 is 15.1 Å². The van der Waals surface area contributed by atoms with Gasteiger partial charge in [0.25, 0.3) is 0 Å². The van der Waals surface area contributed by atoms with E-state index in [9.17, 15) is 20.4 Å². The normalized spacial score (nSPS) is 13.9. The summed E-state index contributed by atoms with van der Waals surface area (Å²) in [5, 5.41) is 32.1. The molecule has 0 saturated carbocycles. The fourth-order valence-corrected chi connectivity index (χ4v) is 5.36. The van der Waals surface area contributed by atoms with Gasteiger partial charge in [-0.05, 0) is 68.3 Å². The molecule has 3 heterocycles. The number of rotatable bonds is 6. The zero-order valence-corrected chi connectivity index (χ0v) is 23.6. The summed E-state index contributed by atoms with van der Waals surface area (Å²) < 4.78 is 0. The number of halogens is 1. The van der Waals surface area contributed by atoms with E-state index in [1.54, 1.807) is 6.07 Å². The summed E-state index contributed by atoms with van der Waals surface area (Å²) in [6.07, 6.45) is 0. The van der Waals surface area contributed by atoms with Crippen LogP contribution in [0.2, 0.25) is 5.15 Å². The van der Waals surface area contributed by atoms with Crippen LogP contribution in [0.4, 0.5) is 17.2 Å². The van der Waals surface area contributed by atoms with Gasteiger partial charge >= 0.3 is 5.97 Å². The van der Waals surface area contributed by atoms with Gasteiger partial charge in [0.1, 0.15) is 11.2 Å². The van der Waals surface area contributed by atoms with E-state index >= 15 is 0 Å². The first-order valence-corrected chi connectivity index (χ1v) is 13.5. The summed E-state index contributed by atoms with van der Waals surface area (Å²) in [4.78, 5) is 29.7. The topological polar surface area (TPSA) is 142 Å². The summed E-state index contributed by atoms with van der Waals surface area (Å²) in [6, 6.07) is 16.7. The summed E-state index contributed by atoms with van der Waals surface area (Å²) in [5.74, 6) is -0.666. The maximum Gasteiger partial charge on any atom is 0.356 e. The number of nitrogens with one attached hydrogen (secondary N) is 1. The number of carboxylic acid groups (broad SMARTS) is 1. The third-order valence-corrected chi connectivity index (χ3v) is 7.39. The first kappa shape index (κ1) is 27.6. The van der Waals surface area contributed by atoms with Gasteiger partial charge < -0.3 is 20.2 Å². The molecule has 0 unspecified atom stereocenters. The Kier molecular flexibility index (Phi) is 7.60. The zero-order chi connectivity index (χ0) is 29.3. The molecule has 1 atom stereocenters. The molecule has 1 saturated heterocycles. The second-order valence-electron chi connectivity index (χ2n) is 10.0. The lowest BCUT2D eigenvalue weighted by Crippen LogP contribution is -2.47. The van der Waals surface area contributed by atoms with Crippen LogP contribution in [0.15, 0.2) is 42.5 Å². The average Bonchev–Trinajstić information content (AvgIpc) is 2.96. The number of hydrogen-bond acceptors (Lipinski definition) is 9. The molecule has 4 aromatic rings. The number of carbonyl (C=O) groups is 1. The lowest BCUT2D eigenvalue weighted by atomic mass is 10.0. The van der Waals surface area contributed by atoms with Gasteiger partial charge in [-0.15, -0.1) is 0 Å². The van der Waals surface area contributed by atoms with Crippen molar-refractivity contribution in [2.75, 3.05) is 41.3 Å². The summed E-state index contributed by atoms with van der Waals surface area (Å²) in [5.41, 5.74) is 6.16. The average molecular weight is 567 g/mol. The van der Waals surface area contributed by atoms with Crippen LogP contribution in [0.25, 0.3) is 11.0 Å². The van der Waals surface area contributed by atoms with Crippen molar-refractivity contribution in [1.82, 2.24) is 15.0 Å². The number of nitriles is 2. The first-order chi connectivity index (χ1) is 19.7. The van der Waals surface area contributed by atoms with Crippen molar-refractivity contribution in [2.45, 2.75) is 26.8 Å². The van der Waals surface area contributed by atoms with Crippen LogP contribution in [0.3, 0.4) is 0 Å². The quantitative estimate of drug-likeness (QED) is 0.297. The minimum Gasteiger partial charge on any atom is -0.476 e. The standard InChI is InChI=1S/C30H27ClN8O2/c1-17-12-21(19(3)34-22-5-7-26(31)36-28(22)30(40)41)27-23(13-17)35-24(16-33)29(37-27)39-10-8-38(9-11-39)25-6-4-20(15-32)14-18(25)2/h4-7,12-14,19,34H,8-11H2,1-3H3,(H,40,41)/t19-/m1/s1. The van der Waals surface area contributed by atoms with Crippen LogP contribution in [-0.4, -0.2) is 52.2 Å². The van der Waals surface area contributed by atoms with E-state index in [2.05, 4.69) is 37.2 Å². The predicted octanol–water partition coefficient (Wildman–Crippen LogP) is 5.24. The van der Waals surface area contributed by atoms with E-state index in [-0.39, 0.29) is 22.6 Å². The van der Waals surface area contributed by atoms with E-state index in [1.807, 2.05) is 51.1 Å². The zero-order valence-electron chi connectivity index (χ0n) is 22.8. The van der Waals surface area contributed by atoms with Gasteiger partial charge in [0.2, 0.25) is 0 Å². The molecule has 2 aromatic heterocycles. The lowest BCUT2D eigenvalue weighted by molar-refractivity contribution is 0.0691. The van der Waals surface area contributed by atoms with Gasteiger partial charge in [0.05, 0.1) is 34.4 Å². The summed E-state index contributed by atoms with van der Waals surface area (Å²) in [6.45, 7) is 8.57. The third kappa shape index (κ3) is 5.56. The van der Waals surface area contributed by atoms with Gasteiger partial charge in [-0.2, -0.15) is 10.5 Å². The SMILES string of the molecule is Cc1cc([C@@H](C)Nc2ccc(Cl)nc2C(=O)O)c2nc(N3CCN(c4ccc(C#N)cc4C)CC3)c(C#N)nc2c1. The Morgan fingerprint density at radius 3 is 2.39 bits per heavy atom. The van der Waals surface area contributed by atoms with Gasteiger partial charge in [0.15, 0.2) is 17.2 Å². The minimum atomic E-state index is -1.19. The molecule has 10 nitrogen and oxygen atoms in total. The number of fused-ring (bicyclic) bond motifs is 1. The molecular formula is C30H27ClN8O2. The van der Waals surface area contributed by atoms with E-state index in [0.29, 0.717) is 41.2 Å². The van der Waals surface area contributed by atoms with Crippen molar-refractivity contribution < 1.29 is 9.90 Å². The number of aryl methyl sites for hydroxylation is 2. The molecule has 5 rings (SSSR count). The number of hydrogen-bond donors (Lipinski definition) is 2. The summed E-state index contributed by atoms with van der Waals surface area (Å²) >= 11 is 5.93. The molecule has 1 aliphatic heterocycles. The number of piperazine rings is 1. The van der Waals surface area contributed by atoms with E-state index in [4.69, 9.17) is 16.6 Å². The first-order valence-electron chi connectivity index (χ1n) is 13.1. The van der Waals surface area contributed by atoms with Gasteiger partial charge in [-0.25, -0.2) is 19.7 Å². The molecule has 206 valence electrons. The second kappa shape index (κ2) is 11.3. The molecule has 2 N–H and O–H groups in total. The van der Waals surface area contributed by atoms with E-state index in [1.165, 1.54) is 6.07 Å². The number of aromatic carboxylic acids is 1. The highest BCUT2D eigenvalue weighted by atomic mass is 35.5. The van der Waals surface area contributed by atoms with E-state index < -0.39 is 5.97 Å².